The molecule has 110 valence electrons. The first-order valence-corrected chi connectivity index (χ1v) is 7.30. The highest BCUT2D eigenvalue weighted by Crippen LogP contribution is 2.40. The van der Waals surface area contributed by atoms with E-state index in [1.165, 1.54) is 0 Å². The van der Waals surface area contributed by atoms with E-state index in [0.29, 0.717) is 29.9 Å². The second-order valence-electron chi connectivity index (χ2n) is 5.75. The fraction of sp³-hybridized carbons (Fsp3) is 0.571. The van der Waals surface area contributed by atoms with Crippen LogP contribution in [-0.4, -0.2) is 32.6 Å². The minimum atomic E-state index is -0.157. The average Bonchev–Trinajstić information content (AvgIpc) is 2.94. The van der Waals surface area contributed by atoms with E-state index in [1.807, 2.05) is 0 Å². The summed E-state index contributed by atoms with van der Waals surface area (Å²) in [7, 11) is 0. The Bertz CT molecular complexity index is 673. The van der Waals surface area contributed by atoms with Crippen molar-refractivity contribution >= 4 is 5.91 Å². The first-order chi connectivity index (χ1) is 10.2. The molecule has 21 heavy (non-hydrogen) atoms. The van der Waals surface area contributed by atoms with Gasteiger partial charge in [0.2, 0.25) is 11.7 Å². The Hall–Kier alpha value is -2.18. The lowest BCUT2D eigenvalue weighted by atomic mass is 10.2. The summed E-state index contributed by atoms with van der Waals surface area (Å²) in [5.74, 6) is 1.86. The lowest BCUT2D eigenvalue weighted by molar-refractivity contribution is 0.0686. The van der Waals surface area contributed by atoms with Crippen LogP contribution in [0, 0.1) is 6.92 Å². The molecule has 7 nitrogen and oxygen atoms in total. The first kappa shape index (κ1) is 12.6. The van der Waals surface area contributed by atoms with Crippen molar-refractivity contribution in [3.63, 3.8) is 0 Å². The molecule has 0 N–H and O–H groups in total. The molecular weight excluding hydrogens is 272 g/mol. The van der Waals surface area contributed by atoms with E-state index in [2.05, 4.69) is 15.3 Å². The summed E-state index contributed by atoms with van der Waals surface area (Å²) >= 11 is 0. The molecule has 1 aliphatic heterocycles. The molecule has 0 unspecified atom stereocenters. The lowest BCUT2D eigenvalue weighted by Crippen LogP contribution is -2.30. The first-order valence-electron chi connectivity index (χ1n) is 7.30. The van der Waals surface area contributed by atoms with E-state index in [0.717, 1.165) is 25.7 Å². The Morgan fingerprint density at radius 2 is 2.14 bits per heavy atom. The van der Waals surface area contributed by atoms with Gasteiger partial charge < -0.3 is 13.9 Å². The van der Waals surface area contributed by atoms with Crippen LogP contribution >= 0.6 is 0 Å². The van der Waals surface area contributed by atoms with Gasteiger partial charge in [0.15, 0.2) is 5.82 Å². The maximum atomic E-state index is 12.5. The van der Waals surface area contributed by atoms with Crippen molar-refractivity contribution in [2.45, 2.75) is 44.6 Å². The number of nitrogens with zero attached hydrogens (tertiary/aromatic N) is 4. The quantitative estimate of drug-likeness (QED) is 0.860. The van der Waals surface area contributed by atoms with Crippen molar-refractivity contribution in [1.29, 1.82) is 0 Å². The molecule has 0 radical (unpaired) electrons. The maximum absolute atomic E-state index is 12.5. The molecule has 1 saturated heterocycles. The van der Waals surface area contributed by atoms with Gasteiger partial charge in [-0.3, -0.25) is 4.79 Å². The summed E-state index contributed by atoms with van der Waals surface area (Å²) in [6.07, 6.45) is 4.01. The van der Waals surface area contributed by atoms with Crippen molar-refractivity contribution in [3.05, 3.63) is 29.2 Å². The molecule has 2 aromatic rings. The van der Waals surface area contributed by atoms with Crippen molar-refractivity contribution in [1.82, 2.24) is 20.2 Å². The molecule has 4 rings (SSSR count). The van der Waals surface area contributed by atoms with Gasteiger partial charge in [0.1, 0.15) is 0 Å². The van der Waals surface area contributed by atoms with E-state index in [1.54, 1.807) is 17.9 Å². The van der Waals surface area contributed by atoms with Gasteiger partial charge in [-0.2, -0.15) is 4.98 Å². The van der Waals surface area contributed by atoms with E-state index in [4.69, 9.17) is 9.05 Å². The monoisotopic (exact) mass is 288 g/mol. The van der Waals surface area contributed by atoms with E-state index in [9.17, 15) is 4.79 Å². The zero-order chi connectivity index (χ0) is 14.4. The topological polar surface area (TPSA) is 85.3 Å². The lowest BCUT2D eigenvalue weighted by Gasteiger charge is -2.20. The van der Waals surface area contributed by atoms with Gasteiger partial charge in [-0.15, -0.1) is 0 Å². The van der Waals surface area contributed by atoms with Crippen LogP contribution in [0.4, 0.5) is 0 Å². The molecule has 2 aliphatic rings. The molecule has 1 amide bonds. The predicted octanol–water partition coefficient (Wildman–Crippen LogP) is 2.22. The number of likely N-dealkylation sites (tertiary alicyclic amines) is 1. The molecule has 2 aromatic heterocycles. The zero-order valence-corrected chi connectivity index (χ0v) is 11.8. The van der Waals surface area contributed by atoms with Gasteiger partial charge in [-0.25, -0.2) is 0 Å². The third-order valence-electron chi connectivity index (χ3n) is 4.03. The minimum absolute atomic E-state index is 0.126. The molecule has 1 aliphatic carbocycles. The van der Waals surface area contributed by atoms with E-state index >= 15 is 0 Å². The predicted molar refractivity (Wildman–Crippen MR) is 70.5 cm³/mol. The Balaban J connectivity index is 1.57. The highest BCUT2D eigenvalue weighted by Gasteiger charge is 2.37. The second-order valence-corrected chi connectivity index (χ2v) is 5.75. The molecule has 1 saturated carbocycles. The summed E-state index contributed by atoms with van der Waals surface area (Å²) in [5, 5.41) is 7.83. The number of carbonyl (C=O) groups excluding carboxylic acids is 1. The molecule has 3 heterocycles. The number of hydrogen-bond donors (Lipinski definition) is 0. The Kier molecular flexibility index (Phi) is 2.80. The highest BCUT2D eigenvalue weighted by atomic mass is 16.5. The van der Waals surface area contributed by atoms with Crippen LogP contribution in [0.2, 0.25) is 0 Å². The highest BCUT2D eigenvalue weighted by molar-refractivity contribution is 5.91. The molecule has 0 aromatic carbocycles. The molecule has 7 heteroatoms. The van der Waals surface area contributed by atoms with Gasteiger partial charge in [-0.1, -0.05) is 10.3 Å². The summed E-state index contributed by atoms with van der Waals surface area (Å²) in [4.78, 5) is 18.7. The van der Waals surface area contributed by atoms with Crippen LogP contribution in [0.3, 0.4) is 0 Å². The van der Waals surface area contributed by atoms with Gasteiger partial charge in [0.25, 0.3) is 5.91 Å². The van der Waals surface area contributed by atoms with Crippen molar-refractivity contribution in [2.75, 3.05) is 6.54 Å². The summed E-state index contributed by atoms with van der Waals surface area (Å²) in [5.41, 5.74) is 0.699. The van der Waals surface area contributed by atoms with Crippen molar-refractivity contribution < 1.29 is 13.8 Å². The zero-order valence-electron chi connectivity index (χ0n) is 11.8. The Morgan fingerprint density at radius 1 is 1.29 bits per heavy atom. The van der Waals surface area contributed by atoms with Crippen LogP contribution in [0.5, 0.6) is 0 Å². The molecule has 0 bridgehead atoms. The minimum Gasteiger partial charge on any atom is -0.351 e. The van der Waals surface area contributed by atoms with Crippen molar-refractivity contribution in [2.24, 2.45) is 0 Å². The molecular formula is C14H16N4O3. The van der Waals surface area contributed by atoms with Gasteiger partial charge in [0, 0.05) is 18.5 Å². The summed E-state index contributed by atoms with van der Waals surface area (Å²) < 4.78 is 10.4. The molecule has 2 fully saturated rings. The average molecular weight is 288 g/mol. The number of rotatable bonds is 3. The molecule has 1 atom stereocenters. The third kappa shape index (κ3) is 2.22. The van der Waals surface area contributed by atoms with Gasteiger partial charge in [-0.05, 0) is 32.6 Å². The largest absolute Gasteiger partial charge is 0.351 e. The fourth-order valence-electron chi connectivity index (χ4n) is 2.76. The van der Waals surface area contributed by atoms with Gasteiger partial charge >= 0.3 is 0 Å². The van der Waals surface area contributed by atoms with Crippen LogP contribution in [0.15, 0.2) is 15.1 Å². The van der Waals surface area contributed by atoms with E-state index < -0.39 is 0 Å². The third-order valence-corrected chi connectivity index (χ3v) is 4.03. The SMILES string of the molecule is Cc1cc(C(=O)N2CCC[C@@H]2c2noc(C3CC3)n2)on1. The molecule has 0 spiro atoms. The Morgan fingerprint density at radius 3 is 2.86 bits per heavy atom. The summed E-state index contributed by atoms with van der Waals surface area (Å²) in [6, 6.07) is 1.53. The number of amides is 1. The van der Waals surface area contributed by atoms with Crippen molar-refractivity contribution in [3.8, 4) is 0 Å². The Labute approximate surface area is 121 Å². The number of hydrogen-bond acceptors (Lipinski definition) is 6. The van der Waals surface area contributed by atoms with Crippen LogP contribution < -0.4 is 0 Å². The number of aryl methyl sites for hydroxylation is 1. The van der Waals surface area contributed by atoms with Crippen LogP contribution in [0.1, 0.15) is 65.6 Å². The fourth-order valence-corrected chi connectivity index (χ4v) is 2.76. The second kappa shape index (κ2) is 4.68. The van der Waals surface area contributed by atoms with Gasteiger partial charge in [0.05, 0.1) is 11.7 Å². The van der Waals surface area contributed by atoms with Crippen LogP contribution in [0.25, 0.3) is 0 Å². The smallest absolute Gasteiger partial charge is 0.293 e. The number of aromatic nitrogens is 3. The van der Waals surface area contributed by atoms with E-state index in [-0.39, 0.29) is 17.7 Å². The van der Waals surface area contributed by atoms with Crippen LogP contribution in [-0.2, 0) is 0 Å². The number of carbonyl (C=O) groups is 1. The maximum Gasteiger partial charge on any atom is 0.293 e. The standard InChI is InChI=1S/C14H16N4O3/c1-8-7-11(20-16-8)14(19)18-6-2-3-10(18)12-15-13(21-17-12)9-4-5-9/h7,9-10H,2-6H2,1H3/t10-/m1/s1. The summed E-state index contributed by atoms with van der Waals surface area (Å²) in [6.45, 7) is 2.47. The normalized spacial score (nSPS) is 22.0.